The normalized spacial score (nSPS) is 14.2. The molecule has 0 aliphatic heterocycles. The highest BCUT2D eigenvalue weighted by atomic mass is 16.2. The van der Waals surface area contributed by atoms with Crippen molar-refractivity contribution in [3.8, 4) is 0 Å². The number of aromatic nitrogens is 2. The number of nitrogens with zero attached hydrogens (tertiary/aromatic N) is 3. The van der Waals surface area contributed by atoms with Crippen molar-refractivity contribution in [1.29, 1.82) is 0 Å². The molecule has 1 aliphatic rings. The highest BCUT2D eigenvalue weighted by molar-refractivity contribution is 6.04. The summed E-state index contributed by atoms with van der Waals surface area (Å²) in [7, 11) is 1.80. The molecule has 172 valence electrons. The molecule has 0 unspecified atom stereocenters. The summed E-state index contributed by atoms with van der Waals surface area (Å²) < 4.78 is 1.85. The molecular weight excluding hydrogens is 418 g/mol. The first-order chi connectivity index (χ1) is 15.9. The maximum absolute atomic E-state index is 13.0. The second kappa shape index (κ2) is 9.85. The maximum atomic E-state index is 13.0. The zero-order valence-electron chi connectivity index (χ0n) is 18.8. The Morgan fingerprint density at radius 1 is 1.12 bits per heavy atom. The molecule has 1 saturated carbocycles. The standard InChI is InChI=1S/C25H29N5O3/c1-29(25(33)17-7-3-2-4-8-17)19-11-10-18-15-23(28-24(32)20-9-5-6-13-27-20)30(21(18)16-19)14-12-22(26)31/h5-6,9-11,13,15-17H,2-4,7-8,12,14H2,1H3,(H2,26,31)(H,28,32). The summed E-state index contributed by atoms with van der Waals surface area (Å²) in [6, 6.07) is 12.7. The van der Waals surface area contributed by atoms with Gasteiger partial charge in [-0.15, -0.1) is 0 Å². The van der Waals surface area contributed by atoms with Crippen molar-refractivity contribution in [3.05, 3.63) is 54.4 Å². The number of hydrogen-bond acceptors (Lipinski definition) is 4. The molecular formula is C25H29N5O3. The van der Waals surface area contributed by atoms with Crippen molar-refractivity contribution in [3.63, 3.8) is 0 Å². The predicted octanol–water partition coefficient (Wildman–Crippen LogP) is 3.71. The smallest absolute Gasteiger partial charge is 0.275 e. The summed E-state index contributed by atoms with van der Waals surface area (Å²) in [5, 5.41) is 3.78. The number of amides is 3. The summed E-state index contributed by atoms with van der Waals surface area (Å²) in [5.41, 5.74) is 7.28. The van der Waals surface area contributed by atoms with Gasteiger partial charge in [0, 0.05) is 43.2 Å². The van der Waals surface area contributed by atoms with E-state index in [0.717, 1.165) is 42.3 Å². The van der Waals surface area contributed by atoms with Crippen LogP contribution < -0.4 is 16.0 Å². The van der Waals surface area contributed by atoms with E-state index in [4.69, 9.17) is 5.73 Å². The number of anilines is 2. The Morgan fingerprint density at radius 2 is 1.91 bits per heavy atom. The fourth-order valence-electron chi connectivity index (χ4n) is 4.45. The zero-order chi connectivity index (χ0) is 23.4. The van der Waals surface area contributed by atoms with E-state index in [1.54, 1.807) is 36.3 Å². The van der Waals surface area contributed by atoms with Crippen LogP contribution in [0.1, 0.15) is 49.0 Å². The first kappa shape index (κ1) is 22.5. The van der Waals surface area contributed by atoms with Crippen LogP contribution in [0.25, 0.3) is 10.9 Å². The van der Waals surface area contributed by atoms with Crippen LogP contribution >= 0.6 is 0 Å². The van der Waals surface area contributed by atoms with E-state index >= 15 is 0 Å². The van der Waals surface area contributed by atoms with Crippen LogP contribution in [0.3, 0.4) is 0 Å². The van der Waals surface area contributed by atoms with Gasteiger partial charge < -0.3 is 20.5 Å². The Hall–Kier alpha value is -3.68. The third-order valence-corrected chi connectivity index (χ3v) is 6.28. The second-order valence-electron chi connectivity index (χ2n) is 8.54. The summed E-state index contributed by atoms with van der Waals surface area (Å²) in [4.78, 5) is 43.0. The number of benzene rings is 1. The molecule has 0 spiro atoms. The Morgan fingerprint density at radius 3 is 2.61 bits per heavy atom. The van der Waals surface area contributed by atoms with Gasteiger partial charge >= 0.3 is 0 Å². The molecule has 33 heavy (non-hydrogen) atoms. The van der Waals surface area contributed by atoms with Gasteiger partial charge in [-0.3, -0.25) is 19.4 Å². The molecule has 8 heteroatoms. The van der Waals surface area contributed by atoms with Gasteiger partial charge in [-0.05, 0) is 43.2 Å². The van der Waals surface area contributed by atoms with Crippen LogP contribution in [0.5, 0.6) is 0 Å². The lowest BCUT2D eigenvalue weighted by Crippen LogP contribution is -2.33. The van der Waals surface area contributed by atoms with E-state index in [0.29, 0.717) is 18.1 Å². The van der Waals surface area contributed by atoms with Crippen molar-refractivity contribution < 1.29 is 14.4 Å². The van der Waals surface area contributed by atoms with E-state index in [2.05, 4.69) is 10.3 Å². The van der Waals surface area contributed by atoms with E-state index in [-0.39, 0.29) is 24.2 Å². The van der Waals surface area contributed by atoms with Gasteiger partial charge in [0.15, 0.2) is 0 Å². The van der Waals surface area contributed by atoms with Gasteiger partial charge in [0.25, 0.3) is 5.91 Å². The Kier molecular flexibility index (Phi) is 6.72. The van der Waals surface area contributed by atoms with Crippen molar-refractivity contribution in [2.45, 2.75) is 45.1 Å². The monoisotopic (exact) mass is 447 g/mol. The Balaban J connectivity index is 1.65. The highest BCUT2D eigenvalue weighted by Crippen LogP contribution is 2.31. The molecule has 8 nitrogen and oxygen atoms in total. The lowest BCUT2D eigenvalue weighted by molar-refractivity contribution is -0.123. The van der Waals surface area contributed by atoms with E-state index < -0.39 is 5.91 Å². The Bertz CT molecular complexity index is 1170. The number of nitrogens with one attached hydrogen (secondary N) is 1. The second-order valence-corrected chi connectivity index (χ2v) is 8.54. The largest absolute Gasteiger partial charge is 0.370 e. The van der Waals surface area contributed by atoms with Crippen molar-refractivity contribution >= 4 is 40.1 Å². The molecule has 0 radical (unpaired) electrons. The topological polar surface area (TPSA) is 110 Å². The van der Waals surface area contributed by atoms with E-state index in [1.807, 2.05) is 28.8 Å². The average Bonchev–Trinajstić information content (AvgIpc) is 3.18. The number of fused-ring (bicyclic) bond motifs is 1. The van der Waals surface area contributed by atoms with Gasteiger partial charge in [0.2, 0.25) is 11.8 Å². The molecule has 1 aromatic carbocycles. The molecule has 3 aromatic rings. The molecule has 3 N–H and O–H groups in total. The highest BCUT2D eigenvalue weighted by Gasteiger charge is 2.25. The quantitative estimate of drug-likeness (QED) is 0.575. The third kappa shape index (κ3) is 5.05. The van der Waals surface area contributed by atoms with Crippen LogP contribution in [-0.2, 0) is 16.1 Å². The van der Waals surface area contributed by atoms with E-state index in [1.165, 1.54) is 6.42 Å². The fourth-order valence-corrected chi connectivity index (χ4v) is 4.45. The van der Waals surface area contributed by atoms with E-state index in [9.17, 15) is 14.4 Å². The van der Waals surface area contributed by atoms with Gasteiger partial charge in [-0.1, -0.05) is 31.4 Å². The van der Waals surface area contributed by atoms with Gasteiger partial charge in [0.05, 0.1) is 5.52 Å². The predicted molar refractivity (Wildman–Crippen MR) is 128 cm³/mol. The molecule has 2 heterocycles. The van der Waals surface area contributed by atoms with Crippen LogP contribution in [0.15, 0.2) is 48.7 Å². The Labute approximate surface area is 192 Å². The SMILES string of the molecule is CN(C(=O)C1CCCCC1)c1ccc2cc(NC(=O)c3ccccn3)n(CCC(N)=O)c2c1. The molecule has 4 rings (SSSR count). The van der Waals surface area contributed by atoms with Crippen LogP contribution in [-0.4, -0.2) is 34.3 Å². The molecule has 3 amide bonds. The number of aryl methyl sites for hydroxylation is 1. The number of primary amides is 1. The molecule has 2 aromatic heterocycles. The average molecular weight is 448 g/mol. The van der Waals surface area contributed by atoms with Gasteiger partial charge in [-0.25, -0.2) is 0 Å². The van der Waals surface area contributed by atoms with Crippen LogP contribution in [0.4, 0.5) is 11.5 Å². The molecule has 1 aliphatic carbocycles. The minimum atomic E-state index is -0.431. The number of rotatable bonds is 7. The number of pyridine rings is 1. The van der Waals surface area contributed by atoms with Crippen LogP contribution in [0, 0.1) is 5.92 Å². The fraction of sp³-hybridized carbons (Fsp3) is 0.360. The van der Waals surface area contributed by atoms with Crippen molar-refractivity contribution in [2.24, 2.45) is 11.7 Å². The number of nitrogens with two attached hydrogens (primary N) is 1. The van der Waals surface area contributed by atoms with Crippen LogP contribution in [0.2, 0.25) is 0 Å². The summed E-state index contributed by atoms with van der Waals surface area (Å²) >= 11 is 0. The maximum Gasteiger partial charge on any atom is 0.275 e. The van der Waals surface area contributed by atoms with Crippen molar-refractivity contribution in [1.82, 2.24) is 9.55 Å². The summed E-state index contributed by atoms with van der Waals surface area (Å²) in [5.74, 6) is -0.0363. The summed E-state index contributed by atoms with van der Waals surface area (Å²) in [6.45, 7) is 0.306. The minimum absolute atomic E-state index is 0.0642. The molecule has 0 atom stereocenters. The minimum Gasteiger partial charge on any atom is -0.370 e. The number of hydrogen-bond donors (Lipinski definition) is 2. The lowest BCUT2D eigenvalue weighted by atomic mass is 9.88. The molecule has 0 saturated heterocycles. The molecule has 1 fully saturated rings. The number of carbonyl (C=O) groups excluding carboxylic acids is 3. The first-order valence-corrected chi connectivity index (χ1v) is 11.4. The van der Waals surface area contributed by atoms with Crippen molar-refractivity contribution in [2.75, 3.05) is 17.3 Å². The number of carbonyl (C=O) groups is 3. The first-order valence-electron chi connectivity index (χ1n) is 11.4. The van der Waals surface area contributed by atoms with Gasteiger partial charge in [0.1, 0.15) is 11.5 Å². The third-order valence-electron chi connectivity index (χ3n) is 6.28. The van der Waals surface area contributed by atoms with Gasteiger partial charge in [-0.2, -0.15) is 0 Å². The zero-order valence-corrected chi connectivity index (χ0v) is 18.8. The summed E-state index contributed by atoms with van der Waals surface area (Å²) in [6.07, 6.45) is 6.94. The lowest BCUT2D eigenvalue weighted by Gasteiger charge is -2.26. The molecule has 0 bridgehead atoms.